The molecule has 1 heterocycles. The molecule has 0 unspecified atom stereocenters. The predicted octanol–water partition coefficient (Wildman–Crippen LogP) is 4.17. The second-order valence-corrected chi connectivity index (χ2v) is 12.6. The SMILES string of the molecule is CC#CC[C@@H]1C[C@H](O[Si](C)(C)C(C)(C)C)[C@@H](C)[C@H](CC=O)O1. The van der Waals surface area contributed by atoms with Gasteiger partial charge in [-0.05, 0) is 31.5 Å². The number of aldehydes is 1. The van der Waals surface area contributed by atoms with E-state index in [-0.39, 0.29) is 29.3 Å². The van der Waals surface area contributed by atoms with Crippen LogP contribution in [0.1, 0.15) is 53.9 Å². The minimum absolute atomic E-state index is 0.0512. The van der Waals surface area contributed by atoms with Gasteiger partial charge < -0.3 is 14.0 Å². The van der Waals surface area contributed by atoms with E-state index in [0.29, 0.717) is 6.42 Å². The van der Waals surface area contributed by atoms with E-state index < -0.39 is 8.32 Å². The summed E-state index contributed by atoms with van der Waals surface area (Å²) in [6.07, 6.45) is 3.16. The van der Waals surface area contributed by atoms with Gasteiger partial charge in [0.15, 0.2) is 8.32 Å². The molecule has 0 amide bonds. The Morgan fingerprint density at radius 1 is 1.36 bits per heavy atom. The number of rotatable bonds is 5. The highest BCUT2D eigenvalue weighted by molar-refractivity contribution is 6.74. The molecule has 0 N–H and O–H groups in total. The minimum Gasteiger partial charge on any atom is -0.413 e. The van der Waals surface area contributed by atoms with Gasteiger partial charge in [0.05, 0.1) is 18.3 Å². The maximum Gasteiger partial charge on any atom is 0.192 e. The van der Waals surface area contributed by atoms with E-state index in [1.807, 2.05) is 6.92 Å². The van der Waals surface area contributed by atoms with Crippen molar-refractivity contribution in [3.05, 3.63) is 0 Å². The highest BCUT2D eigenvalue weighted by Crippen LogP contribution is 2.40. The van der Waals surface area contributed by atoms with Crippen LogP contribution in [-0.2, 0) is 14.0 Å². The fourth-order valence-corrected chi connectivity index (χ4v) is 3.98. The van der Waals surface area contributed by atoms with Gasteiger partial charge in [0, 0.05) is 18.8 Å². The highest BCUT2D eigenvalue weighted by atomic mass is 28.4. The molecule has 0 aromatic rings. The first-order chi connectivity index (χ1) is 10.1. The van der Waals surface area contributed by atoms with Crippen molar-refractivity contribution >= 4 is 14.6 Å². The summed E-state index contributed by atoms with van der Waals surface area (Å²) in [6.45, 7) is 15.3. The second kappa shape index (κ2) is 7.76. The molecule has 3 nitrogen and oxygen atoms in total. The first kappa shape index (κ1) is 19.4. The van der Waals surface area contributed by atoms with Crippen molar-refractivity contribution in [1.29, 1.82) is 0 Å². The molecule has 1 aliphatic heterocycles. The maximum absolute atomic E-state index is 11.0. The van der Waals surface area contributed by atoms with Gasteiger partial charge in [-0.2, -0.15) is 0 Å². The van der Waals surface area contributed by atoms with Crippen LogP contribution < -0.4 is 0 Å². The van der Waals surface area contributed by atoms with Gasteiger partial charge in [-0.15, -0.1) is 11.8 Å². The Bertz CT molecular complexity index is 428. The Kier molecular flexibility index (Phi) is 6.85. The Balaban J connectivity index is 2.88. The summed E-state index contributed by atoms with van der Waals surface area (Å²) in [6, 6.07) is 0. The Hall–Kier alpha value is -0.633. The molecule has 4 heteroatoms. The third-order valence-electron chi connectivity index (χ3n) is 5.12. The molecule has 0 saturated carbocycles. The molecular formula is C18H32O3Si. The zero-order chi connectivity index (χ0) is 17.0. The average Bonchev–Trinajstić information content (AvgIpc) is 2.40. The molecule has 0 aliphatic carbocycles. The van der Waals surface area contributed by atoms with Gasteiger partial charge >= 0.3 is 0 Å². The molecule has 1 rings (SSSR count). The lowest BCUT2D eigenvalue weighted by molar-refractivity contribution is -0.134. The van der Waals surface area contributed by atoms with E-state index in [1.54, 1.807) is 0 Å². The molecule has 0 aromatic carbocycles. The number of carbonyl (C=O) groups is 1. The minimum atomic E-state index is -1.83. The van der Waals surface area contributed by atoms with E-state index in [0.717, 1.165) is 19.1 Å². The molecule has 4 atom stereocenters. The summed E-state index contributed by atoms with van der Waals surface area (Å²) < 4.78 is 12.7. The first-order valence-corrected chi connectivity index (χ1v) is 11.2. The molecule has 1 saturated heterocycles. The van der Waals surface area contributed by atoms with Gasteiger partial charge in [-0.25, -0.2) is 0 Å². The van der Waals surface area contributed by atoms with E-state index in [2.05, 4.69) is 52.6 Å². The Morgan fingerprint density at radius 3 is 2.50 bits per heavy atom. The van der Waals surface area contributed by atoms with E-state index in [9.17, 15) is 4.79 Å². The fourth-order valence-electron chi connectivity index (χ4n) is 2.56. The van der Waals surface area contributed by atoms with Gasteiger partial charge in [0.2, 0.25) is 0 Å². The number of carbonyl (C=O) groups excluding carboxylic acids is 1. The van der Waals surface area contributed by atoms with Crippen LogP contribution in [0.5, 0.6) is 0 Å². The summed E-state index contributed by atoms with van der Waals surface area (Å²) >= 11 is 0. The van der Waals surface area contributed by atoms with Crippen molar-refractivity contribution in [1.82, 2.24) is 0 Å². The quantitative estimate of drug-likeness (QED) is 0.432. The molecule has 1 aliphatic rings. The summed E-state index contributed by atoms with van der Waals surface area (Å²) in [4.78, 5) is 11.0. The van der Waals surface area contributed by atoms with Gasteiger partial charge in [-0.1, -0.05) is 27.7 Å². The van der Waals surface area contributed by atoms with Crippen molar-refractivity contribution in [2.24, 2.45) is 5.92 Å². The molecule has 22 heavy (non-hydrogen) atoms. The largest absolute Gasteiger partial charge is 0.413 e. The third-order valence-corrected chi connectivity index (χ3v) is 9.63. The Labute approximate surface area is 137 Å². The smallest absolute Gasteiger partial charge is 0.192 e. The predicted molar refractivity (Wildman–Crippen MR) is 93.3 cm³/mol. The van der Waals surface area contributed by atoms with Crippen LogP contribution in [0.3, 0.4) is 0 Å². The third kappa shape index (κ3) is 4.94. The lowest BCUT2D eigenvalue weighted by atomic mass is 9.88. The lowest BCUT2D eigenvalue weighted by Gasteiger charge is -2.46. The zero-order valence-electron chi connectivity index (χ0n) is 15.2. The first-order valence-electron chi connectivity index (χ1n) is 8.29. The lowest BCUT2D eigenvalue weighted by Crippen LogP contribution is -2.51. The molecular weight excluding hydrogens is 292 g/mol. The Morgan fingerprint density at radius 2 is 2.00 bits per heavy atom. The van der Waals surface area contributed by atoms with Crippen LogP contribution in [-0.4, -0.2) is 32.9 Å². The van der Waals surface area contributed by atoms with Crippen LogP contribution in [0.2, 0.25) is 18.1 Å². The average molecular weight is 325 g/mol. The number of hydrogen-bond acceptors (Lipinski definition) is 3. The normalized spacial score (nSPS) is 29.6. The van der Waals surface area contributed by atoms with Crippen LogP contribution in [0, 0.1) is 17.8 Å². The molecule has 126 valence electrons. The van der Waals surface area contributed by atoms with Gasteiger partial charge in [0.1, 0.15) is 6.29 Å². The van der Waals surface area contributed by atoms with Gasteiger partial charge in [0.25, 0.3) is 0 Å². The number of hydrogen-bond donors (Lipinski definition) is 0. The zero-order valence-corrected chi connectivity index (χ0v) is 16.2. The van der Waals surface area contributed by atoms with Crippen LogP contribution >= 0.6 is 0 Å². The topological polar surface area (TPSA) is 35.5 Å². The molecule has 0 spiro atoms. The van der Waals surface area contributed by atoms with Crippen LogP contribution in [0.25, 0.3) is 0 Å². The monoisotopic (exact) mass is 324 g/mol. The molecule has 0 radical (unpaired) electrons. The van der Waals surface area contributed by atoms with Crippen LogP contribution in [0.15, 0.2) is 0 Å². The van der Waals surface area contributed by atoms with Crippen molar-refractivity contribution < 1.29 is 14.0 Å². The van der Waals surface area contributed by atoms with E-state index in [1.165, 1.54) is 0 Å². The van der Waals surface area contributed by atoms with Crippen molar-refractivity contribution in [3.8, 4) is 11.8 Å². The van der Waals surface area contributed by atoms with Crippen molar-refractivity contribution in [2.45, 2.75) is 90.3 Å². The van der Waals surface area contributed by atoms with Crippen LogP contribution in [0.4, 0.5) is 0 Å². The van der Waals surface area contributed by atoms with E-state index in [4.69, 9.17) is 9.16 Å². The summed E-state index contributed by atoms with van der Waals surface area (Å²) in [7, 11) is -1.83. The molecule has 1 fully saturated rings. The fraction of sp³-hybridized carbons (Fsp3) is 0.833. The van der Waals surface area contributed by atoms with E-state index >= 15 is 0 Å². The summed E-state index contributed by atoms with van der Waals surface area (Å²) in [5.41, 5.74) is 0. The molecule has 0 aromatic heterocycles. The van der Waals surface area contributed by atoms with Gasteiger partial charge in [-0.3, -0.25) is 0 Å². The molecule has 0 bridgehead atoms. The van der Waals surface area contributed by atoms with Crippen molar-refractivity contribution in [2.75, 3.05) is 0 Å². The van der Waals surface area contributed by atoms with Crippen molar-refractivity contribution in [3.63, 3.8) is 0 Å². The second-order valence-electron chi connectivity index (χ2n) is 7.84. The highest BCUT2D eigenvalue weighted by Gasteiger charge is 2.44. The maximum atomic E-state index is 11.0. The standard InChI is InChI=1S/C18H32O3Si/c1-8-9-10-15-13-17(14(2)16(20-15)11-12-19)21-22(6,7)18(3,4)5/h12,14-17H,10-11,13H2,1-7H3/t14-,15+,16-,17-/m0/s1. The summed E-state index contributed by atoms with van der Waals surface area (Å²) in [5.74, 6) is 6.27. The number of ether oxygens (including phenoxy) is 1. The summed E-state index contributed by atoms with van der Waals surface area (Å²) in [5, 5.41) is 0.184.